The third-order valence-corrected chi connectivity index (χ3v) is 4.24. The first-order chi connectivity index (χ1) is 8.86. The van der Waals surface area contributed by atoms with E-state index in [1.807, 2.05) is 0 Å². The number of hydrogen-bond donors (Lipinski definition) is 2. The van der Waals surface area contributed by atoms with E-state index >= 15 is 0 Å². The van der Waals surface area contributed by atoms with Crippen molar-refractivity contribution < 1.29 is 19.5 Å². The number of hydrogen-bond acceptors (Lipinski definition) is 3. The zero-order valence-corrected chi connectivity index (χ0v) is 11.5. The summed E-state index contributed by atoms with van der Waals surface area (Å²) in [5, 5.41) is 9.31. The van der Waals surface area contributed by atoms with Crippen molar-refractivity contribution in [3.63, 3.8) is 0 Å². The highest BCUT2D eigenvalue weighted by Gasteiger charge is 2.40. The second-order valence-corrected chi connectivity index (χ2v) is 5.20. The van der Waals surface area contributed by atoms with Gasteiger partial charge in [-0.15, -0.1) is 0 Å². The highest BCUT2D eigenvalue weighted by atomic mass is 16.4. The van der Waals surface area contributed by atoms with Crippen molar-refractivity contribution in [1.29, 1.82) is 0 Å². The zero-order chi connectivity index (χ0) is 14.6. The number of aliphatic carboxylic acids is 1. The number of rotatable bonds is 6. The van der Waals surface area contributed by atoms with Gasteiger partial charge in [-0.05, 0) is 19.3 Å². The molecule has 0 aliphatic carbocycles. The molecule has 1 aliphatic heterocycles. The molecule has 2 amide bonds. The maximum atomic E-state index is 12.2. The predicted molar refractivity (Wildman–Crippen MR) is 69.1 cm³/mol. The summed E-state index contributed by atoms with van der Waals surface area (Å²) in [6.45, 7) is 4.36. The molecule has 1 heterocycles. The molecule has 1 rings (SSSR count). The number of nitrogens with two attached hydrogens (primary N) is 1. The Kier molecular flexibility index (Phi) is 4.91. The van der Waals surface area contributed by atoms with Crippen molar-refractivity contribution in [2.45, 2.75) is 39.5 Å². The van der Waals surface area contributed by atoms with Gasteiger partial charge in [0.15, 0.2) is 0 Å². The van der Waals surface area contributed by atoms with E-state index in [1.54, 1.807) is 18.7 Å². The molecule has 0 spiro atoms. The van der Waals surface area contributed by atoms with E-state index in [1.165, 1.54) is 0 Å². The van der Waals surface area contributed by atoms with E-state index in [9.17, 15) is 19.5 Å². The van der Waals surface area contributed by atoms with Gasteiger partial charge in [-0.3, -0.25) is 14.4 Å². The Bertz CT molecular complexity index is 377. The standard InChI is InChI=1S/C13H22N2O4/c1-3-13(4-2,12(18)19)7-10(16)15-6-5-9(8-15)11(14)17/h9H,3-8H2,1-2H3,(H2,14,17)(H,18,19). The molecule has 0 saturated carbocycles. The summed E-state index contributed by atoms with van der Waals surface area (Å²) in [4.78, 5) is 36.1. The fraction of sp³-hybridized carbons (Fsp3) is 0.769. The molecule has 1 saturated heterocycles. The van der Waals surface area contributed by atoms with Crippen LogP contribution in [0, 0.1) is 11.3 Å². The Balaban J connectivity index is 2.69. The molecule has 3 N–H and O–H groups in total. The van der Waals surface area contributed by atoms with Gasteiger partial charge in [0.05, 0.1) is 11.3 Å². The summed E-state index contributed by atoms with van der Waals surface area (Å²) in [5.74, 6) is -1.83. The minimum Gasteiger partial charge on any atom is -0.481 e. The third-order valence-electron chi connectivity index (χ3n) is 4.24. The largest absolute Gasteiger partial charge is 0.481 e. The summed E-state index contributed by atoms with van der Waals surface area (Å²) >= 11 is 0. The van der Waals surface area contributed by atoms with Crippen LogP contribution in [0.5, 0.6) is 0 Å². The number of carboxylic acid groups (broad SMARTS) is 1. The SMILES string of the molecule is CCC(CC)(CC(=O)N1CCC(C(N)=O)C1)C(=O)O. The molecule has 0 bridgehead atoms. The molecular weight excluding hydrogens is 248 g/mol. The second kappa shape index (κ2) is 6.04. The number of likely N-dealkylation sites (tertiary alicyclic amines) is 1. The number of carbonyl (C=O) groups excluding carboxylic acids is 2. The van der Waals surface area contributed by atoms with Crippen LogP contribution in [0.2, 0.25) is 0 Å². The van der Waals surface area contributed by atoms with Gasteiger partial charge < -0.3 is 15.7 Å². The average Bonchev–Trinajstić information content (AvgIpc) is 2.85. The summed E-state index contributed by atoms with van der Waals surface area (Å²) in [7, 11) is 0. The van der Waals surface area contributed by atoms with Crippen molar-refractivity contribution in [3.8, 4) is 0 Å². The van der Waals surface area contributed by atoms with Crippen molar-refractivity contribution >= 4 is 17.8 Å². The molecule has 19 heavy (non-hydrogen) atoms. The Morgan fingerprint density at radius 3 is 2.26 bits per heavy atom. The van der Waals surface area contributed by atoms with Gasteiger partial charge in [-0.25, -0.2) is 0 Å². The molecule has 108 valence electrons. The van der Waals surface area contributed by atoms with Crippen LogP contribution < -0.4 is 5.73 Å². The summed E-state index contributed by atoms with van der Waals surface area (Å²) in [5.41, 5.74) is 4.22. The first-order valence-electron chi connectivity index (χ1n) is 6.66. The monoisotopic (exact) mass is 270 g/mol. The highest BCUT2D eigenvalue weighted by molar-refractivity contribution is 5.86. The smallest absolute Gasteiger partial charge is 0.310 e. The third kappa shape index (κ3) is 3.24. The molecule has 1 aliphatic rings. The molecular formula is C13H22N2O4. The minimum atomic E-state index is -0.998. The van der Waals surface area contributed by atoms with Crippen molar-refractivity contribution in [2.24, 2.45) is 17.1 Å². The quantitative estimate of drug-likeness (QED) is 0.738. The molecule has 0 aromatic heterocycles. The number of primary amides is 1. The number of nitrogens with zero attached hydrogens (tertiary/aromatic N) is 1. The predicted octanol–water partition coefficient (Wildman–Crippen LogP) is 0.601. The van der Waals surface area contributed by atoms with Gasteiger partial charge in [-0.1, -0.05) is 13.8 Å². The van der Waals surface area contributed by atoms with E-state index in [4.69, 9.17) is 5.73 Å². The van der Waals surface area contributed by atoms with Gasteiger partial charge in [0, 0.05) is 19.5 Å². The van der Waals surface area contributed by atoms with Crippen molar-refractivity contribution in [2.75, 3.05) is 13.1 Å². The van der Waals surface area contributed by atoms with Gasteiger partial charge in [0.2, 0.25) is 11.8 Å². The van der Waals surface area contributed by atoms with E-state index in [0.717, 1.165) is 0 Å². The number of carboxylic acids is 1. The van der Waals surface area contributed by atoms with Gasteiger partial charge in [-0.2, -0.15) is 0 Å². The minimum absolute atomic E-state index is 0.0131. The molecule has 0 aromatic carbocycles. The second-order valence-electron chi connectivity index (χ2n) is 5.20. The van der Waals surface area contributed by atoms with E-state index in [-0.39, 0.29) is 18.2 Å². The fourth-order valence-corrected chi connectivity index (χ4v) is 2.50. The Morgan fingerprint density at radius 1 is 1.32 bits per heavy atom. The zero-order valence-electron chi connectivity index (χ0n) is 11.5. The van der Waals surface area contributed by atoms with Crippen LogP contribution >= 0.6 is 0 Å². The van der Waals surface area contributed by atoms with Crippen LogP contribution in [-0.2, 0) is 14.4 Å². The fourth-order valence-electron chi connectivity index (χ4n) is 2.50. The van der Waals surface area contributed by atoms with Gasteiger partial charge in [0.1, 0.15) is 0 Å². The highest BCUT2D eigenvalue weighted by Crippen LogP contribution is 2.32. The van der Waals surface area contributed by atoms with E-state index in [2.05, 4.69) is 0 Å². The molecule has 0 radical (unpaired) electrons. The van der Waals surface area contributed by atoms with Crippen LogP contribution in [-0.4, -0.2) is 40.9 Å². The average molecular weight is 270 g/mol. The summed E-state index contributed by atoms with van der Waals surface area (Å²) < 4.78 is 0. The normalized spacial score (nSPS) is 19.5. The van der Waals surface area contributed by atoms with Gasteiger partial charge >= 0.3 is 5.97 Å². The first-order valence-corrected chi connectivity index (χ1v) is 6.66. The molecule has 6 nitrogen and oxygen atoms in total. The van der Waals surface area contributed by atoms with Crippen molar-refractivity contribution in [1.82, 2.24) is 4.90 Å². The Labute approximate surface area is 112 Å². The topological polar surface area (TPSA) is 101 Å². The molecule has 1 fully saturated rings. The van der Waals surface area contributed by atoms with E-state index in [0.29, 0.717) is 32.4 Å². The van der Waals surface area contributed by atoms with Crippen LogP contribution in [0.4, 0.5) is 0 Å². The molecule has 0 aromatic rings. The number of amides is 2. The summed E-state index contributed by atoms with van der Waals surface area (Å²) in [6, 6.07) is 0. The van der Waals surface area contributed by atoms with Crippen LogP contribution in [0.25, 0.3) is 0 Å². The van der Waals surface area contributed by atoms with Crippen molar-refractivity contribution in [3.05, 3.63) is 0 Å². The lowest BCUT2D eigenvalue weighted by atomic mass is 9.79. The maximum absolute atomic E-state index is 12.2. The molecule has 1 unspecified atom stereocenters. The summed E-state index contributed by atoms with van der Waals surface area (Å²) in [6.07, 6.45) is 1.38. The van der Waals surface area contributed by atoms with Crippen LogP contribution in [0.15, 0.2) is 0 Å². The van der Waals surface area contributed by atoms with Crippen LogP contribution in [0.1, 0.15) is 39.5 Å². The lowest BCUT2D eigenvalue weighted by Gasteiger charge is -2.28. The van der Waals surface area contributed by atoms with Crippen LogP contribution in [0.3, 0.4) is 0 Å². The Morgan fingerprint density at radius 2 is 1.89 bits per heavy atom. The first kappa shape index (κ1) is 15.5. The lowest BCUT2D eigenvalue weighted by Crippen LogP contribution is -2.39. The van der Waals surface area contributed by atoms with E-state index < -0.39 is 17.3 Å². The lowest BCUT2D eigenvalue weighted by molar-refractivity contribution is -0.154. The maximum Gasteiger partial charge on any atom is 0.310 e. The molecule has 6 heteroatoms. The number of carbonyl (C=O) groups is 3. The Hall–Kier alpha value is -1.59. The van der Waals surface area contributed by atoms with Gasteiger partial charge in [0.25, 0.3) is 0 Å². The molecule has 1 atom stereocenters.